The van der Waals surface area contributed by atoms with E-state index in [0.29, 0.717) is 26.8 Å². The molecule has 0 spiro atoms. The summed E-state index contributed by atoms with van der Waals surface area (Å²) in [7, 11) is 0. The van der Waals surface area contributed by atoms with E-state index in [9.17, 15) is 9.59 Å². The summed E-state index contributed by atoms with van der Waals surface area (Å²) in [4.78, 5) is 29.6. The number of nitrogens with one attached hydrogen (secondary N) is 1. The molecule has 4 rings (SSSR count). The highest BCUT2D eigenvalue weighted by molar-refractivity contribution is 6.42. The van der Waals surface area contributed by atoms with Crippen molar-refractivity contribution in [2.45, 2.75) is 20.4 Å². The highest BCUT2D eigenvalue weighted by Gasteiger charge is 2.14. The molecule has 1 N–H and O–H groups in total. The highest BCUT2D eigenvalue weighted by Crippen LogP contribution is 2.25. The third kappa shape index (κ3) is 3.81. The number of hydrogen-bond donors (Lipinski definition) is 1. The van der Waals surface area contributed by atoms with E-state index in [1.54, 1.807) is 22.9 Å². The highest BCUT2D eigenvalue weighted by atomic mass is 35.5. The molecule has 0 fully saturated rings. The van der Waals surface area contributed by atoms with E-state index in [2.05, 4.69) is 15.4 Å². The van der Waals surface area contributed by atoms with E-state index >= 15 is 0 Å². The number of nitrogens with zero attached hydrogens (tertiary/aromatic N) is 4. The predicted octanol–water partition coefficient (Wildman–Crippen LogP) is 4.14. The largest absolute Gasteiger partial charge is 0.324 e. The monoisotopic (exact) mass is 441 g/mol. The molecule has 2 heterocycles. The maximum Gasteiger partial charge on any atom is 0.264 e. The molecule has 0 atom stereocenters. The van der Waals surface area contributed by atoms with Gasteiger partial charge in [0.2, 0.25) is 5.91 Å². The van der Waals surface area contributed by atoms with E-state index in [1.165, 1.54) is 22.7 Å². The van der Waals surface area contributed by atoms with Crippen LogP contribution in [-0.2, 0) is 11.3 Å². The standard InChI is InChI=1S/C21H17Cl2N5O2/c1-12-3-5-15(7-13(12)2)28-20-16(9-25-28)21(30)27(11-24-20)10-19(29)26-14-4-6-17(22)18(23)8-14/h3-9,11H,10H2,1-2H3,(H,26,29). The summed E-state index contributed by atoms with van der Waals surface area (Å²) in [6.45, 7) is 3.84. The summed E-state index contributed by atoms with van der Waals surface area (Å²) < 4.78 is 2.85. The van der Waals surface area contributed by atoms with Gasteiger partial charge in [-0.25, -0.2) is 9.67 Å². The predicted molar refractivity (Wildman–Crippen MR) is 118 cm³/mol. The number of amides is 1. The van der Waals surface area contributed by atoms with Crippen LogP contribution in [0.15, 0.2) is 53.7 Å². The van der Waals surface area contributed by atoms with Crippen molar-refractivity contribution in [1.29, 1.82) is 0 Å². The van der Waals surface area contributed by atoms with Crippen LogP contribution in [0.1, 0.15) is 11.1 Å². The molecule has 0 saturated carbocycles. The molecule has 0 aliphatic rings. The third-order valence-electron chi connectivity index (χ3n) is 4.81. The third-order valence-corrected chi connectivity index (χ3v) is 5.55. The molecule has 0 bridgehead atoms. The Morgan fingerprint density at radius 2 is 1.87 bits per heavy atom. The van der Waals surface area contributed by atoms with Crippen molar-refractivity contribution >= 4 is 45.8 Å². The van der Waals surface area contributed by atoms with Crippen LogP contribution in [0.4, 0.5) is 5.69 Å². The first kappa shape index (κ1) is 20.1. The number of rotatable bonds is 4. The van der Waals surface area contributed by atoms with Crippen molar-refractivity contribution in [3.63, 3.8) is 0 Å². The minimum absolute atomic E-state index is 0.198. The SMILES string of the molecule is Cc1ccc(-n2ncc3c(=O)n(CC(=O)Nc4ccc(Cl)c(Cl)c4)cnc32)cc1C. The molecule has 9 heteroatoms. The van der Waals surface area contributed by atoms with Crippen molar-refractivity contribution < 1.29 is 4.79 Å². The van der Waals surface area contributed by atoms with E-state index in [4.69, 9.17) is 23.2 Å². The summed E-state index contributed by atoms with van der Waals surface area (Å²) in [6, 6.07) is 10.7. The Morgan fingerprint density at radius 3 is 2.60 bits per heavy atom. The van der Waals surface area contributed by atoms with Gasteiger partial charge in [0.25, 0.3) is 5.56 Å². The van der Waals surface area contributed by atoms with E-state index in [1.807, 2.05) is 32.0 Å². The number of fused-ring (bicyclic) bond motifs is 1. The lowest BCUT2D eigenvalue weighted by molar-refractivity contribution is -0.116. The Morgan fingerprint density at radius 1 is 1.07 bits per heavy atom. The first-order valence-corrected chi connectivity index (χ1v) is 9.85. The van der Waals surface area contributed by atoms with Gasteiger partial charge in [-0.05, 0) is 55.3 Å². The average molecular weight is 442 g/mol. The molecule has 4 aromatic rings. The number of aryl methyl sites for hydroxylation is 2. The van der Waals surface area contributed by atoms with E-state index in [0.717, 1.165) is 11.3 Å². The minimum atomic E-state index is -0.391. The maximum atomic E-state index is 12.8. The first-order chi connectivity index (χ1) is 14.3. The minimum Gasteiger partial charge on any atom is -0.324 e. The molecule has 30 heavy (non-hydrogen) atoms. The molecule has 1 amide bonds. The van der Waals surface area contributed by atoms with Crippen molar-refractivity contribution in [1.82, 2.24) is 19.3 Å². The number of carbonyl (C=O) groups excluding carboxylic acids is 1. The number of hydrogen-bond acceptors (Lipinski definition) is 4. The Labute approximate surface area is 181 Å². The van der Waals surface area contributed by atoms with Gasteiger partial charge < -0.3 is 5.32 Å². The van der Waals surface area contributed by atoms with Gasteiger partial charge in [-0.3, -0.25) is 14.2 Å². The number of carbonyl (C=O) groups is 1. The lowest BCUT2D eigenvalue weighted by Crippen LogP contribution is -2.27. The van der Waals surface area contributed by atoms with Gasteiger partial charge in [0, 0.05) is 5.69 Å². The topological polar surface area (TPSA) is 81.8 Å². The smallest absolute Gasteiger partial charge is 0.264 e. The quantitative estimate of drug-likeness (QED) is 0.515. The Kier molecular flexibility index (Phi) is 5.32. The molecule has 0 aliphatic heterocycles. The van der Waals surface area contributed by atoms with Crippen molar-refractivity contribution in [2.24, 2.45) is 0 Å². The maximum absolute atomic E-state index is 12.8. The van der Waals surface area contributed by atoms with Crippen LogP contribution in [0, 0.1) is 13.8 Å². The van der Waals surface area contributed by atoms with Gasteiger partial charge in [-0.2, -0.15) is 5.10 Å². The lowest BCUT2D eigenvalue weighted by Gasteiger charge is -2.09. The van der Waals surface area contributed by atoms with Gasteiger partial charge in [0.15, 0.2) is 5.65 Å². The molecular weight excluding hydrogens is 425 g/mol. The molecule has 2 aromatic heterocycles. The van der Waals surface area contributed by atoms with Crippen molar-refractivity contribution in [2.75, 3.05) is 5.32 Å². The number of benzene rings is 2. The molecule has 2 aromatic carbocycles. The Balaban J connectivity index is 1.61. The number of anilines is 1. The first-order valence-electron chi connectivity index (χ1n) is 9.09. The molecular formula is C21H17Cl2N5O2. The normalized spacial score (nSPS) is 11.1. The summed E-state index contributed by atoms with van der Waals surface area (Å²) in [5.41, 5.74) is 3.67. The summed E-state index contributed by atoms with van der Waals surface area (Å²) in [5.74, 6) is -0.391. The van der Waals surface area contributed by atoms with Gasteiger partial charge in [-0.15, -0.1) is 0 Å². The molecule has 152 valence electrons. The Hall–Kier alpha value is -3.16. The lowest BCUT2D eigenvalue weighted by atomic mass is 10.1. The van der Waals surface area contributed by atoms with Crippen LogP contribution in [-0.4, -0.2) is 25.2 Å². The Bertz CT molecular complexity index is 1340. The second kappa shape index (κ2) is 7.93. The second-order valence-electron chi connectivity index (χ2n) is 6.92. The molecule has 7 nitrogen and oxygen atoms in total. The van der Waals surface area contributed by atoms with Gasteiger partial charge in [0.1, 0.15) is 18.3 Å². The van der Waals surface area contributed by atoms with Gasteiger partial charge >= 0.3 is 0 Å². The van der Waals surface area contributed by atoms with Crippen molar-refractivity contribution in [3.8, 4) is 5.69 Å². The number of halogens is 2. The molecule has 0 unspecified atom stereocenters. The summed E-state index contributed by atoms with van der Waals surface area (Å²) in [5, 5.41) is 8.05. The fourth-order valence-corrected chi connectivity index (χ4v) is 3.33. The second-order valence-corrected chi connectivity index (χ2v) is 7.73. The summed E-state index contributed by atoms with van der Waals surface area (Å²) in [6.07, 6.45) is 2.81. The fraction of sp³-hybridized carbons (Fsp3) is 0.143. The zero-order valence-corrected chi connectivity index (χ0v) is 17.7. The van der Waals surface area contributed by atoms with E-state index < -0.39 is 5.91 Å². The van der Waals surface area contributed by atoms with Crippen LogP contribution < -0.4 is 10.9 Å². The zero-order chi connectivity index (χ0) is 21.4. The number of aromatic nitrogens is 4. The zero-order valence-electron chi connectivity index (χ0n) is 16.2. The average Bonchev–Trinajstić information content (AvgIpc) is 3.14. The van der Waals surface area contributed by atoms with Crippen LogP contribution in [0.25, 0.3) is 16.7 Å². The van der Waals surface area contributed by atoms with Crippen LogP contribution in [0.2, 0.25) is 10.0 Å². The van der Waals surface area contributed by atoms with Gasteiger partial charge in [0.05, 0.1) is 21.9 Å². The fourth-order valence-electron chi connectivity index (χ4n) is 3.04. The van der Waals surface area contributed by atoms with Gasteiger partial charge in [-0.1, -0.05) is 29.3 Å². The van der Waals surface area contributed by atoms with Crippen LogP contribution in [0.5, 0.6) is 0 Å². The summed E-state index contributed by atoms with van der Waals surface area (Å²) >= 11 is 11.8. The van der Waals surface area contributed by atoms with Crippen molar-refractivity contribution in [3.05, 3.63) is 80.4 Å². The molecule has 0 aliphatic carbocycles. The van der Waals surface area contributed by atoms with Crippen LogP contribution >= 0.6 is 23.2 Å². The molecule has 0 radical (unpaired) electrons. The van der Waals surface area contributed by atoms with Crippen LogP contribution in [0.3, 0.4) is 0 Å². The van der Waals surface area contributed by atoms with E-state index in [-0.39, 0.29) is 12.1 Å². The molecule has 0 saturated heterocycles.